The van der Waals surface area contributed by atoms with E-state index < -0.39 is 0 Å². The summed E-state index contributed by atoms with van der Waals surface area (Å²) in [4.78, 5) is 7.56. The summed E-state index contributed by atoms with van der Waals surface area (Å²) in [6.07, 6.45) is 3.49. The van der Waals surface area contributed by atoms with E-state index in [0.29, 0.717) is 29.7 Å². The van der Waals surface area contributed by atoms with E-state index >= 15 is 0 Å². The van der Waals surface area contributed by atoms with Crippen LogP contribution in [-0.4, -0.2) is 116 Å². The number of likely N-dealkylation sites (N-methyl/N-ethyl adjacent to an activating group) is 2. The highest BCUT2D eigenvalue weighted by molar-refractivity contribution is 8.00. The number of rotatable bonds is 10. The van der Waals surface area contributed by atoms with Gasteiger partial charge in [-0.05, 0) is 45.1 Å². The van der Waals surface area contributed by atoms with Gasteiger partial charge in [0, 0.05) is 69.6 Å². The van der Waals surface area contributed by atoms with Crippen LogP contribution >= 0.6 is 11.8 Å². The highest BCUT2D eigenvalue weighted by atomic mass is 32.2. The van der Waals surface area contributed by atoms with Crippen LogP contribution in [0.15, 0.2) is 24.3 Å². The molecular weight excluding hydrogens is 470 g/mol. The number of fused-ring (bicyclic) bond motifs is 2. The minimum atomic E-state index is 0.183. The van der Waals surface area contributed by atoms with E-state index in [9.17, 15) is 0 Å². The van der Waals surface area contributed by atoms with E-state index in [0.717, 1.165) is 39.3 Å². The Morgan fingerprint density at radius 3 is 2.92 bits per heavy atom. The van der Waals surface area contributed by atoms with E-state index in [1.54, 1.807) is 0 Å². The van der Waals surface area contributed by atoms with E-state index in [1.165, 1.54) is 36.3 Å². The predicted molar refractivity (Wildman–Crippen MR) is 147 cm³/mol. The van der Waals surface area contributed by atoms with Crippen molar-refractivity contribution in [3.8, 4) is 0 Å². The fourth-order valence-corrected chi connectivity index (χ4v) is 7.79. The topological polar surface area (TPSA) is 73.1 Å². The zero-order valence-electron chi connectivity index (χ0n) is 22.1. The molecule has 0 amide bonds. The summed E-state index contributed by atoms with van der Waals surface area (Å²) in [6, 6.07) is 10.4. The SMILES string of the molecule is CNCCN(C)Cc1cccc(C2NC(NCC3CN4CCSC4N3)C3CNN(C4CC4)C3N2C)c1. The molecule has 4 aliphatic heterocycles. The Balaban J connectivity index is 1.17. The highest BCUT2D eigenvalue weighted by Gasteiger charge is 2.51. The third kappa shape index (κ3) is 5.36. The van der Waals surface area contributed by atoms with Crippen molar-refractivity contribution in [1.29, 1.82) is 0 Å². The minimum absolute atomic E-state index is 0.183. The second kappa shape index (κ2) is 11.1. The maximum atomic E-state index is 4.04. The zero-order valence-corrected chi connectivity index (χ0v) is 22.9. The predicted octanol–water partition coefficient (Wildman–Crippen LogP) is 0.0162. The molecule has 200 valence electrons. The molecule has 4 saturated heterocycles. The summed E-state index contributed by atoms with van der Waals surface area (Å²) in [5.74, 6) is 1.77. The lowest BCUT2D eigenvalue weighted by Crippen LogP contribution is -2.66. The molecule has 0 bridgehead atoms. The van der Waals surface area contributed by atoms with Crippen molar-refractivity contribution in [2.45, 2.75) is 55.5 Å². The van der Waals surface area contributed by atoms with Crippen molar-refractivity contribution < 1.29 is 0 Å². The molecule has 10 heteroatoms. The van der Waals surface area contributed by atoms with Gasteiger partial charge >= 0.3 is 0 Å². The van der Waals surface area contributed by atoms with Crippen LogP contribution in [-0.2, 0) is 6.54 Å². The van der Waals surface area contributed by atoms with Crippen LogP contribution in [0.25, 0.3) is 0 Å². The molecule has 5 fully saturated rings. The molecule has 1 aromatic carbocycles. The van der Waals surface area contributed by atoms with Gasteiger partial charge in [0.15, 0.2) is 0 Å². The Hall–Kier alpha value is -0.790. The van der Waals surface area contributed by atoms with Gasteiger partial charge in [0.1, 0.15) is 5.50 Å². The molecule has 0 aromatic heterocycles. The van der Waals surface area contributed by atoms with Gasteiger partial charge in [0.2, 0.25) is 0 Å². The van der Waals surface area contributed by atoms with E-state index in [4.69, 9.17) is 0 Å². The normalized spacial score (nSPS) is 35.6. The summed E-state index contributed by atoms with van der Waals surface area (Å²) >= 11 is 2.05. The molecule has 9 nitrogen and oxygen atoms in total. The van der Waals surface area contributed by atoms with Gasteiger partial charge in [-0.15, -0.1) is 11.8 Å². The number of benzene rings is 1. The quantitative estimate of drug-likeness (QED) is 0.295. The Labute approximate surface area is 221 Å². The highest BCUT2D eigenvalue weighted by Crippen LogP contribution is 2.39. The van der Waals surface area contributed by atoms with Crippen LogP contribution in [0.2, 0.25) is 0 Å². The van der Waals surface area contributed by atoms with Crippen LogP contribution in [0, 0.1) is 5.92 Å². The van der Waals surface area contributed by atoms with Gasteiger partial charge in [0.05, 0.1) is 18.5 Å². The van der Waals surface area contributed by atoms with Crippen LogP contribution in [0.4, 0.5) is 0 Å². The first-order valence-electron chi connectivity index (χ1n) is 13.9. The van der Waals surface area contributed by atoms with E-state index in [1.807, 2.05) is 7.05 Å². The van der Waals surface area contributed by atoms with Crippen LogP contribution in [0.3, 0.4) is 0 Å². The molecule has 1 aromatic rings. The summed E-state index contributed by atoms with van der Waals surface area (Å²) in [5.41, 5.74) is 7.05. The number of hydrogen-bond donors (Lipinski definition) is 5. The first kappa shape index (κ1) is 25.5. The first-order chi connectivity index (χ1) is 17.6. The minimum Gasteiger partial charge on any atom is -0.318 e. The maximum Gasteiger partial charge on any atom is 0.108 e. The molecular formula is C26H45N9S. The molecule has 6 atom stereocenters. The summed E-state index contributed by atoms with van der Waals surface area (Å²) in [6.45, 7) is 7.44. The van der Waals surface area contributed by atoms with Crippen LogP contribution in [0.5, 0.6) is 0 Å². The zero-order chi connectivity index (χ0) is 24.6. The largest absolute Gasteiger partial charge is 0.318 e. The molecule has 5 N–H and O–H groups in total. The Kier molecular flexibility index (Phi) is 7.88. The Morgan fingerprint density at radius 1 is 1.22 bits per heavy atom. The van der Waals surface area contributed by atoms with Crippen molar-refractivity contribution in [3.63, 3.8) is 0 Å². The molecule has 6 unspecified atom stereocenters. The fourth-order valence-electron chi connectivity index (χ4n) is 6.54. The van der Waals surface area contributed by atoms with Gasteiger partial charge in [-0.3, -0.25) is 31.2 Å². The van der Waals surface area contributed by atoms with E-state index in [-0.39, 0.29) is 12.3 Å². The van der Waals surface area contributed by atoms with Gasteiger partial charge in [-0.25, -0.2) is 5.01 Å². The lowest BCUT2D eigenvalue weighted by molar-refractivity contribution is -0.0489. The van der Waals surface area contributed by atoms with Crippen molar-refractivity contribution in [3.05, 3.63) is 35.4 Å². The number of nitrogens with zero attached hydrogens (tertiary/aromatic N) is 4. The monoisotopic (exact) mass is 515 g/mol. The molecule has 1 saturated carbocycles. The third-order valence-corrected chi connectivity index (χ3v) is 9.74. The number of hydrazine groups is 1. The standard InChI is InChI=1S/C26H45N9S/c1-27-9-10-32(2)16-18-5-4-6-19(13-18)24-31-23(28-14-20-17-34-11-12-36-26(34)30-20)22-15-29-35(21-7-8-21)25(22)33(24)3/h4-6,13,20-31H,7-12,14-17H2,1-3H3. The third-order valence-electron chi connectivity index (χ3n) is 8.57. The summed E-state index contributed by atoms with van der Waals surface area (Å²) < 4.78 is 0. The molecule has 1 aliphatic carbocycles. The molecule has 6 rings (SSSR count). The van der Waals surface area contributed by atoms with Gasteiger partial charge in [-0.1, -0.05) is 24.3 Å². The van der Waals surface area contributed by atoms with E-state index in [2.05, 4.69) is 96.5 Å². The number of thioether (sulfide) groups is 1. The number of hydrogen-bond acceptors (Lipinski definition) is 10. The van der Waals surface area contributed by atoms with Gasteiger partial charge < -0.3 is 10.2 Å². The smallest absolute Gasteiger partial charge is 0.108 e. The molecule has 0 spiro atoms. The van der Waals surface area contributed by atoms with Crippen LogP contribution in [0.1, 0.15) is 30.1 Å². The van der Waals surface area contributed by atoms with Crippen molar-refractivity contribution >= 4 is 11.8 Å². The molecule has 0 radical (unpaired) electrons. The van der Waals surface area contributed by atoms with Crippen molar-refractivity contribution in [2.75, 3.05) is 66.2 Å². The second-order valence-corrected chi connectivity index (χ2v) is 12.6. The average Bonchev–Trinajstić information content (AvgIpc) is 3.27. The van der Waals surface area contributed by atoms with Gasteiger partial charge in [0.25, 0.3) is 0 Å². The Morgan fingerprint density at radius 2 is 2.11 bits per heavy atom. The molecule has 4 heterocycles. The first-order valence-corrected chi connectivity index (χ1v) is 14.9. The maximum absolute atomic E-state index is 4.04. The molecule has 36 heavy (non-hydrogen) atoms. The summed E-state index contributed by atoms with van der Waals surface area (Å²) in [5, 5.41) is 17.7. The second-order valence-electron chi connectivity index (χ2n) is 11.4. The van der Waals surface area contributed by atoms with Gasteiger partial charge in [-0.2, -0.15) is 0 Å². The summed E-state index contributed by atoms with van der Waals surface area (Å²) in [7, 11) is 6.53. The molecule has 5 aliphatic rings. The lowest BCUT2D eigenvalue weighted by Gasteiger charge is -2.49. The number of nitrogens with one attached hydrogen (secondary N) is 5. The fraction of sp³-hybridized carbons (Fsp3) is 0.769. The lowest BCUT2D eigenvalue weighted by atomic mass is 9.95. The Bertz CT molecular complexity index is 873. The van der Waals surface area contributed by atoms with Crippen molar-refractivity contribution in [1.82, 2.24) is 46.4 Å². The van der Waals surface area contributed by atoms with Crippen LogP contribution < -0.4 is 26.7 Å². The van der Waals surface area contributed by atoms with Crippen molar-refractivity contribution in [2.24, 2.45) is 5.92 Å². The average molecular weight is 516 g/mol.